The molecule has 1 unspecified atom stereocenters. The normalized spacial score (nSPS) is 21.0. The molecule has 0 aliphatic carbocycles. The molecule has 0 saturated carbocycles. The van der Waals surface area contributed by atoms with Crippen molar-refractivity contribution in [3.05, 3.63) is 54.1 Å². The van der Waals surface area contributed by atoms with Gasteiger partial charge in [-0.15, -0.1) is 0 Å². The molecule has 2 saturated heterocycles. The van der Waals surface area contributed by atoms with Crippen LogP contribution in [0.4, 0.5) is 0 Å². The number of carbonyl (C=O) groups excluding carboxylic acids is 3. The van der Waals surface area contributed by atoms with Crippen LogP contribution in [0.25, 0.3) is 0 Å². The highest BCUT2D eigenvalue weighted by Crippen LogP contribution is 2.41. The summed E-state index contributed by atoms with van der Waals surface area (Å²) >= 11 is 0. The van der Waals surface area contributed by atoms with Gasteiger partial charge in [0.25, 0.3) is 0 Å². The molecule has 2 heterocycles. The fourth-order valence-corrected chi connectivity index (χ4v) is 4.76. The van der Waals surface area contributed by atoms with E-state index in [0.717, 1.165) is 4.90 Å². The number of hydrogen-bond donors (Lipinski definition) is 0. The Hall–Kier alpha value is -3.55. The first kappa shape index (κ1) is 23.6. The third-order valence-electron chi connectivity index (χ3n) is 6.77. The van der Waals surface area contributed by atoms with Gasteiger partial charge in [0.15, 0.2) is 11.5 Å². The number of carbonyl (C=O) groups is 3. The minimum atomic E-state index is -1.22. The first-order valence-electron chi connectivity index (χ1n) is 11.4. The molecule has 2 aliphatic rings. The van der Waals surface area contributed by atoms with E-state index < -0.39 is 5.41 Å². The van der Waals surface area contributed by atoms with E-state index >= 15 is 0 Å². The van der Waals surface area contributed by atoms with Crippen LogP contribution in [-0.2, 0) is 19.8 Å². The molecule has 3 amide bonds. The third kappa shape index (κ3) is 4.44. The maximum Gasteiger partial charge on any atom is 0.240 e. The fraction of sp³-hybridized carbons (Fsp3) is 0.423. The number of likely N-dealkylation sites (tertiary alicyclic amines) is 2. The predicted molar refractivity (Wildman–Crippen MR) is 125 cm³/mol. The number of para-hydroxylation sites is 2. The summed E-state index contributed by atoms with van der Waals surface area (Å²) in [5, 5.41) is 0. The number of amides is 3. The van der Waals surface area contributed by atoms with Crippen LogP contribution in [-0.4, -0.2) is 68.0 Å². The Morgan fingerprint density at radius 1 is 1.00 bits per heavy atom. The molecular weight excluding hydrogens is 436 g/mol. The maximum atomic E-state index is 13.4. The second-order valence-electron chi connectivity index (χ2n) is 8.77. The second kappa shape index (κ2) is 9.75. The van der Waals surface area contributed by atoms with E-state index in [2.05, 4.69) is 0 Å². The van der Waals surface area contributed by atoms with Gasteiger partial charge in [-0.2, -0.15) is 0 Å². The van der Waals surface area contributed by atoms with Crippen molar-refractivity contribution >= 4 is 17.7 Å². The Labute approximate surface area is 199 Å². The fourth-order valence-electron chi connectivity index (χ4n) is 4.76. The van der Waals surface area contributed by atoms with Gasteiger partial charge < -0.3 is 19.1 Å². The topological polar surface area (TPSA) is 85.4 Å². The number of piperidine rings is 1. The molecule has 180 valence electrons. The average Bonchev–Trinajstić information content (AvgIpc) is 3.08. The molecular formula is C26H30N2O6. The summed E-state index contributed by atoms with van der Waals surface area (Å²) in [5.74, 6) is 1.15. The summed E-state index contributed by atoms with van der Waals surface area (Å²) in [7, 11) is 4.62. The van der Waals surface area contributed by atoms with Crippen LogP contribution in [0.5, 0.6) is 17.2 Å². The summed E-state index contributed by atoms with van der Waals surface area (Å²) < 4.78 is 16.8. The van der Waals surface area contributed by atoms with Crippen molar-refractivity contribution in [1.29, 1.82) is 0 Å². The number of hydrogen-bond acceptors (Lipinski definition) is 6. The molecule has 4 rings (SSSR count). The summed E-state index contributed by atoms with van der Waals surface area (Å²) in [5.41, 5.74) is -0.598. The van der Waals surface area contributed by atoms with Crippen molar-refractivity contribution in [3.8, 4) is 17.2 Å². The Balaban J connectivity index is 1.47. The molecule has 34 heavy (non-hydrogen) atoms. The third-order valence-corrected chi connectivity index (χ3v) is 6.77. The monoisotopic (exact) mass is 466 g/mol. The molecule has 0 N–H and O–H groups in total. The SMILES string of the molecule is COc1cccc(C2(CC(=O)N3CCC(Oc4ccccc4OC)CC3)CC(=O)N(C)C2=O)c1. The number of imide groups is 1. The second-order valence-corrected chi connectivity index (χ2v) is 8.77. The number of methoxy groups -OCH3 is 2. The van der Waals surface area contributed by atoms with E-state index in [1.54, 1.807) is 43.4 Å². The predicted octanol–water partition coefficient (Wildman–Crippen LogP) is 2.79. The lowest BCUT2D eigenvalue weighted by atomic mass is 9.75. The van der Waals surface area contributed by atoms with Crippen LogP contribution >= 0.6 is 0 Å². The van der Waals surface area contributed by atoms with Crippen LogP contribution in [0.1, 0.15) is 31.2 Å². The zero-order valence-electron chi connectivity index (χ0n) is 19.8. The molecule has 1 atom stereocenters. The molecule has 0 bridgehead atoms. The lowest BCUT2D eigenvalue weighted by molar-refractivity contribution is -0.142. The molecule has 2 aromatic carbocycles. The van der Waals surface area contributed by atoms with E-state index in [-0.39, 0.29) is 36.7 Å². The Morgan fingerprint density at radius 2 is 1.71 bits per heavy atom. The van der Waals surface area contributed by atoms with Gasteiger partial charge in [-0.3, -0.25) is 19.3 Å². The van der Waals surface area contributed by atoms with Gasteiger partial charge in [0.05, 0.1) is 19.6 Å². The van der Waals surface area contributed by atoms with Crippen molar-refractivity contribution in [3.63, 3.8) is 0 Å². The Bertz CT molecular complexity index is 1080. The highest BCUT2D eigenvalue weighted by Gasteiger charge is 2.53. The standard InChI is InChI=1S/C26H30N2O6/c1-27-23(29)16-26(25(27)31,18-7-6-8-20(15-18)32-2)17-24(30)28-13-11-19(12-14-28)34-22-10-5-4-9-21(22)33-3/h4-10,15,19H,11-14,16-17H2,1-3H3. The first-order valence-corrected chi connectivity index (χ1v) is 11.4. The summed E-state index contributed by atoms with van der Waals surface area (Å²) in [4.78, 5) is 42.0. The largest absolute Gasteiger partial charge is 0.497 e. The van der Waals surface area contributed by atoms with Crippen LogP contribution in [0.3, 0.4) is 0 Å². The van der Waals surface area contributed by atoms with E-state index in [9.17, 15) is 14.4 Å². The summed E-state index contributed by atoms with van der Waals surface area (Å²) in [6.07, 6.45) is 1.21. The molecule has 0 aromatic heterocycles. The molecule has 2 fully saturated rings. The van der Waals surface area contributed by atoms with E-state index in [4.69, 9.17) is 14.2 Å². The van der Waals surface area contributed by atoms with E-state index in [1.807, 2.05) is 24.3 Å². The zero-order valence-corrected chi connectivity index (χ0v) is 19.8. The Morgan fingerprint density at radius 3 is 2.32 bits per heavy atom. The Kier molecular flexibility index (Phi) is 6.77. The highest BCUT2D eigenvalue weighted by atomic mass is 16.5. The van der Waals surface area contributed by atoms with Crippen molar-refractivity contribution in [2.24, 2.45) is 0 Å². The lowest BCUT2D eigenvalue weighted by Gasteiger charge is -2.35. The number of nitrogens with zero attached hydrogens (tertiary/aromatic N) is 2. The highest BCUT2D eigenvalue weighted by molar-refractivity contribution is 6.10. The van der Waals surface area contributed by atoms with Crippen molar-refractivity contribution in [2.75, 3.05) is 34.4 Å². The van der Waals surface area contributed by atoms with Crippen molar-refractivity contribution in [2.45, 2.75) is 37.2 Å². The van der Waals surface area contributed by atoms with Crippen LogP contribution in [0, 0.1) is 0 Å². The number of rotatable bonds is 7. The van der Waals surface area contributed by atoms with Gasteiger partial charge in [-0.25, -0.2) is 0 Å². The van der Waals surface area contributed by atoms with Gasteiger partial charge in [0.2, 0.25) is 17.7 Å². The van der Waals surface area contributed by atoms with Gasteiger partial charge in [-0.05, 0) is 29.8 Å². The summed E-state index contributed by atoms with van der Waals surface area (Å²) in [6, 6.07) is 14.6. The first-order chi connectivity index (χ1) is 16.4. The van der Waals surface area contributed by atoms with Gasteiger partial charge in [-0.1, -0.05) is 24.3 Å². The number of ether oxygens (including phenoxy) is 3. The number of likely N-dealkylation sites (N-methyl/N-ethyl adjacent to an activating group) is 1. The quantitative estimate of drug-likeness (QED) is 0.584. The van der Waals surface area contributed by atoms with Crippen LogP contribution in [0.2, 0.25) is 0 Å². The zero-order chi connectivity index (χ0) is 24.3. The average molecular weight is 467 g/mol. The van der Waals surface area contributed by atoms with Crippen molar-refractivity contribution < 1.29 is 28.6 Å². The minimum absolute atomic E-state index is 0.0331. The van der Waals surface area contributed by atoms with Crippen molar-refractivity contribution in [1.82, 2.24) is 9.80 Å². The molecule has 2 aromatic rings. The van der Waals surface area contributed by atoms with Gasteiger partial charge in [0.1, 0.15) is 11.9 Å². The van der Waals surface area contributed by atoms with Crippen LogP contribution < -0.4 is 14.2 Å². The molecule has 0 radical (unpaired) electrons. The smallest absolute Gasteiger partial charge is 0.240 e. The van der Waals surface area contributed by atoms with Gasteiger partial charge >= 0.3 is 0 Å². The van der Waals surface area contributed by atoms with Crippen LogP contribution in [0.15, 0.2) is 48.5 Å². The lowest BCUT2D eigenvalue weighted by Crippen LogP contribution is -2.46. The van der Waals surface area contributed by atoms with Gasteiger partial charge in [0, 0.05) is 45.8 Å². The maximum absolute atomic E-state index is 13.4. The molecule has 8 nitrogen and oxygen atoms in total. The molecule has 0 spiro atoms. The minimum Gasteiger partial charge on any atom is -0.497 e. The number of benzene rings is 2. The van der Waals surface area contributed by atoms with E-state index in [0.29, 0.717) is 48.7 Å². The molecule has 8 heteroatoms. The van der Waals surface area contributed by atoms with E-state index in [1.165, 1.54) is 7.05 Å². The molecule has 2 aliphatic heterocycles. The summed E-state index contributed by atoms with van der Waals surface area (Å²) in [6.45, 7) is 1.04.